The van der Waals surface area contributed by atoms with E-state index in [9.17, 15) is 0 Å². The lowest BCUT2D eigenvalue weighted by atomic mass is 10.2. The van der Waals surface area contributed by atoms with E-state index < -0.39 is 0 Å². The number of nitrogens with zero attached hydrogens (tertiary/aromatic N) is 2. The summed E-state index contributed by atoms with van der Waals surface area (Å²) in [4.78, 5) is 3.96. The highest BCUT2D eigenvalue weighted by Crippen LogP contribution is 2.28. The summed E-state index contributed by atoms with van der Waals surface area (Å²) in [5, 5.41) is 8.06. The fourth-order valence-electron chi connectivity index (χ4n) is 1.71. The number of benzene rings is 1. The second-order valence-corrected chi connectivity index (χ2v) is 3.75. The van der Waals surface area contributed by atoms with Gasteiger partial charge in [-0.3, -0.25) is 4.98 Å². The van der Waals surface area contributed by atoms with Gasteiger partial charge in [0.25, 0.3) is 0 Å². The van der Waals surface area contributed by atoms with Crippen LogP contribution >= 0.6 is 0 Å². The SMILES string of the molecule is COc1ccc2onc(Nc3ccncc3)c2c1. The molecule has 3 rings (SSSR count). The second kappa shape index (κ2) is 4.37. The van der Waals surface area contributed by atoms with Crippen molar-refractivity contribution in [3.8, 4) is 5.75 Å². The van der Waals surface area contributed by atoms with Crippen LogP contribution in [0.3, 0.4) is 0 Å². The molecule has 2 heterocycles. The third kappa shape index (κ3) is 1.86. The molecule has 90 valence electrons. The van der Waals surface area contributed by atoms with Crippen molar-refractivity contribution in [2.24, 2.45) is 0 Å². The molecule has 3 aromatic rings. The van der Waals surface area contributed by atoms with E-state index in [1.54, 1.807) is 19.5 Å². The Morgan fingerprint density at radius 1 is 1.17 bits per heavy atom. The summed E-state index contributed by atoms with van der Waals surface area (Å²) in [5.74, 6) is 1.43. The van der Waals surface area contributed by atoms with Gasteiger partial charge in [-0.15, -0.1) is 0 Å². The highest BCUT2D eigenvalue weighted by atomic mass is 16.5. The molecule has 0 saturated carbocycles. The molecule has 0 fully saturated rings. The molecule has 5 nitrogen and oxygen atoms in total. The lowest BCUT2D eigenvalue weighted by Gasteiger charge is -2.02. The van der Waals surface area contributed by atoms with Gasteiger partial charge in [0.15, 0.2) is 11.4 Å². The Bertz CT molecular complexity index is 664. The molecular formula is C13H11N3O2. The van der Waals surface area contributed by atoms with Crippen molar-refractivity contribution >= 4 is 22.5 Å². The molecule has 0 aliphatic rings. The van der Waals surface area contributed by atoms with Gasteiger partial charge in [0.05, 0.1) is 12.5 Å². The summed E-state index contributed by atoms with van der Waals surface area (Å²) in [7, 11) is 1.63. The molecule has 1 aromatic carbocycles. The number of methoxy groups -OCH3 is 1. The monoisotopic (exact) mass is 241 g/mol. The number of fused-ring (bicyclic) bond motifs is 1. The summed E-state index contributed by atoms with van der Waals surface area (Å²) in [6.45, 7) is 0. The number of rotatable bonds is 3. The van der Waals surface area contributed by atoms with E-state index in [0.29, 0.717) is 11.4 Å². The lowest BCUT2D eigenvalue weighted by Crippen LogP contribution is -1.90. The quantitative estimate of drug-likeness (QED) is 0.763. The largest absolute Gasteiger partial charge is 0.497 e. The van der Waals surface area contributed by atoms with Gasteiger partial charge in [-0.1, -0.05) is 5.16 Å². The molecule has 0 radical (unpaired) electrons. The topological polar surface area (TPSA) is 60.2 Å². The van der Waals surface area contributed by atoms with Crippen molar-refractivity contribution in [1.29, 1.82) is 0 Å². The van der Waals surface area contributed by atoms with Crippen molar-refractivity contribution in [3.05, 3.63) is 42.7 Å². The minimum atomic E-state index is 0.662. The first-order valence-electron chi connectivity index (χ1n) is 5.47. The second-order valence-electron chi connectivity index (χ2n) is 3.75. The Morgan fingerprint density at radius 2 is 2.00 bits per heavy atom. The fourth-order valence-corrected chi connectivity index (χ4v) is 1.71. The Balaban J connectivity index is 2.01. The van der Waals surface area contributed by atoms with Gasteiger partial charge >= 0.3 is 0 Å². The molecule has 0 bridgehead atoms. The molecule has 0 aliphatic carbocycles. The van der Waals surface area contributed by atoms with Gasteiger partial charge in [0.2, 0.25) is 0 Å². The molecule has 0 spiro atoms. The molecule has 0 unspecified atom stereocenters. The zero-order chi connectivity index (χ0) is 12.4. The van der Waals surface area contributed by atoms with Crippen LogP contribution in [0.15, 0.2) is 47.2 Å². The van der Waals surface area contributed by atoms with Crippen LogP contribution in [0.5, 0.6) is 5.75 Å². The first kappa shape index (κ1) is 10.6. The maximum absolute atomic E-state index is 5.24. The Labute approximate surface area is 103 Å². The van der Waals surface area contributed by atoms with E-state index in [1.165, 1.54) is 0 Å². The fraction of sp³-hybridized carbons (Fsp3) is 0.0769. The molecule has 2 aromatic heterocycles. The maximum atomic E-state index is 5.24. The van der Waals surface area contributed by atoms with Crippen LogP contribution in [-0.4, -0.2) is 17.3 Å². The van der Waals surface area contributed by atoms with Gasteiger partial charge in [-0.05, 0) is 30.3 Å². The highest BCUT2D eigenvalue weighted by Gasteiger charge is 2.09. The summed E-state index contributed by atoms with van der Waals surface area (Å²) in [6.07, 6.45) is 3.43. The van der Waals surface area contributed by atoms with Crippen molar-refractivity contribution < 1.29 is 9.26 Å². The molecule has 0 saturated heterocycles. The summed E-state index contributed by atoms with van der Waals surface area (Å²) < 4.78 is 10.4. The van der Waals surface area contributed by atoms with Gasteiger partial charge in [-0.25, -0.2) is 0 Å². The standard InChI is InChI=1S/C13H11N3O2/c1-17-10-2-3-12-11(8-10)13(16-18-12)15-9-4-6-14-7-5-9/h2-8H,1H3,(H,14,15,16). The zero-order valence-electron chi connectivity index (χ0n) is 9.75. The van der Waals surface area contributed by atoms with E-state index in [0.717, 1.165) is 16.8 Å². The lowest BCUT2D eigenvalue weighted by molar-refractivity contribution is 0.415. The van der Waals surface area contributed by atoms with Crippen molar-refractivity contribution in [3.63, 3.8) is 0 Å². The average Bonchev–Trinajstić information content (AvgIpc) is 2.82. The number of hydrogen-bond donors (Lipinski definition) is 1. The van der Waals surface area contributed by atoms with E-state index in [-0.39, 0.29) is 0 Å². The summed E-state index contributed by atoms with van der Waals surface area (Å²) >= 11 is 0. The predicted octanol–water partition coefficient (Wildman–Crippen LogP) is 2.98. The number of ether oxygens (including phenoxy) is 1. The van der Waals surface area contributed by atoms with Gasteiger partial charge in [-0.2, -0.15) is 0 Å². The van der Waals surface area contributed by atoms with Crippen LogP contribution in [0.4, 0.5) is 11.5 Å². The van der Waals surface area contributed by atoms with Crippen molar-refractivity contribution in [2.45, 2.75) is 0 Å². The minimum Gasteiger partial charge on any atom is -0.497 e. The highest BCUT2D eigenvalue weighted by molar-refractivity contribution is 5.90. The van der Waals surface area contributed by atoms with E-state index in [1.807, 2.05) is 30.3 Å². The molecule has 18 heavy (non-hydrogen) atoms. The first-order chi connectivity index (χ1) is 8.86. The molecule has 0 amide bonds. The third-order valence-corrected chi connectivity index (χ3v) is 2.62. The normalized spacial score (nSPS) is 10.5. The van der Waals surface area contributed by atoms with Crippen LogP contribution in [0.2, 0.25) is 0 Å². The van der Waals surface area contributed by atoms with Crippen LogP contribution in [0.1, 0.15) is 0 Å². The van der Waals surface area contributed by atoms with Crippen LogP contribution < -0.4 is 10.1 Å². The smallest absolute Gasteiger partial charge is 0.181 e. The maximum Gasteiger partial charge on any atom is 0.181 e. The number of nitrogens with one attached hydrogen (secondary N) is 1. The van der Waals surface area contributed by atoms with Gasteiger partial charge in [0.1, 0.15) is 5.75 Å². The Kier molecular flexibility index (Phi) is 2.57. The van der Waals surface area contributed by atoms with Crippen molar-refractivity contribution in [1.82, 2.24) is 10.1 Å². The predicted molar refractivity (Wildman–Crippen MR) is 68.1 cm³/mol. The summed E-state index contributed by atoms with van der Waals surface area (Å²) in [6, 6.07) is 9.28. The summed E-state index contributed by atoms with van der Waals surface area (Å²) in [5.41, 5.74) is 1.62. The Hall–Kier alpha value is -2.56. The molecule has 0 atom stereocenters. The first-order valence-corrected chi connectivity index (χ1v) is 5.47. The van der Waals surface area contributed by atoms with E-state index in [4.69, 9.17) is 9.26 Å². The van der Waals surface area contributed by atoms with Gasteiger partial charge in [0, 0.05) is 18.1 Å². The zero-order valence-corrected chi connectivity index (χ0v) is 9.75. The molecule has 5 heteroatoms. The number of hydrogen-bond acceptors (Lipinski definition) is 5. The Morgan fingerprint density at radius 3 is 2.78 bits per heavy atom. The van der Waals surface area contributed by atoms with E-state index >= 15 is 0 Å². The number of aromatic nitrogens is 2. The minimum absolute atomic E-state index is 0.662. The molecular weight excluding hydrogens is 230 g/mol. The molecule has 0 aliphatic heterocycles. The average molecular weight is 241 g/mol. The third-order valence-electron chi connectivity index (χ3n) is 2.62. The molecule has 1 N–H and O–H groups in total. The van der Waals surface area contributed by atoms with Crippen molar-refractivity contribution in [2.75, 3.05) is 12.4 Å². The number of anilines is 2. The van der Waals surface area contributed by atoms with Crippen LogP contribution in [0.25, 0.3) is 11.0 Å². The number of pyridine rings is 1. The van der Waals surface area contributed by atoms with Gasteiger partial charge < -0.3 is 14.6 Å². The van der Waals surface area contributed by atoms with Crippen LogP contribution in [0, 0.1) is 0 Å². The van der Waals surface area contributed by atoms with E-state index in [2.05, 4.69) is 15.5 Å². The van der Waals surface area contributed by atoms with Crippen LogP contribution in [-0.2, 0) is 0 Å².